The van der Waals surface area contributed by atoms with Gasteiger partial charge in [-0.05, 0) is 12.3 Å². The number of ether oxygens (including phenoxy) is 1. The molecule has 2 fully saturated rings. The molecule has 2 rings (SSSR count). The number of carboxylic acids is 1. The van der Waals surface area contributed by atoms with Gasteiger partial charge in [0.2, 0.25) is 0 Å². The van der Waals surface area contributed by atoms with E-state index in [9.17, 15) is 9.59 Å². The van der Waals surface area contributed by atoms with Crippen LogP contribution in [0, 0.1) is 11.8 Å². The molecule has 0 aromatic heterocycles. The first-order valence-electron chi connectivity index (χ1n) is 6.86. The molecule has 2 heterocycles. The van der Waals surface area contributed by atoms with Gasteiger partial charge >= 0.3 is 12.0 Å². The van der Waals surface area contributed by atoms with Crippen molar-refractivity contribution in [2.75, 3.05) is 33.4 Å². The molecule has 0 aliphatic carbocycles. The van der Waals surface area contributed by atoms with Gasteiger partial charge in [-0.25, -0.2) is 4.79 Å². The Morgan fingerprint density at radius 2 is 2.16 bits per heavy atom. The largest absolute Gasteiger partial charge is 0.481 e. The summed E-state index contributed by atoms with van der Waals surface area (Å²) in [5.74, 6) is -0.930. The van der Waals surface area contributed by atoms with E-state index in [1.807, 2.05) is 4.90 Å². The first-order valence-corrected chi connectivity index (χ1v) is 6.86. The van der Waals surface area contributed by atoms with Crippen molar-refractivity contribution < 1.29 is 19.4 Å². The third kappa shape index (κ3) is 2.83. The van der Waals surface area contributed by atoms with Crippen molar-refractivity contribution in [3.05, 3.63) is 0 Å². The Morgan fingerprint density at radius 1 is 1.42 bits per heavy atom. The lowest BCUT2D eigenvalue weighted by atomic mass is 10.0. The summed E-state index contributed by atoms with van der Waals surface area (Å²) in [6.07, 6.45) is 2.12. The number of hydrogen-bond acceptors (Lipinski definition) is 3. The van der Waals surface area contributed by atoms with Crippen LogP contribution in [0.5, 0.6) is 0 Å². The van der Waals surface area contributed by atoms with Crippen LogP contribution in [0.15, 0.2) is 0 Å². The third-order valence-electron chi connectivity index (χ3n) is 4.30. The number of nitrogens with zero attached hydrogens (tertiary/aromatic N) is 2. The minimum Gasteiger partial charge on any atom is -0.481 e. The minimum absolute atomic E-state index is 0.0716. The quantitative estimate of drug-likeness (QED) is 0.826. The molecule has 0 aromatic rings. The highest BCUT2D eigenvalue weighted by Gasteiger charge is 2.40. The number of carbonyl (C=O) groups excluding carboxylic acids is 1. The maximum absolute atomic E-state index is 12.4. The predicted octanol–water partition coefficient (Wildman–Crippen LogP) is 0.870. The van der Waals surface area contributed by atoms with Gasteiger partial charge in [0.25, 0.3) is 0 Å². The summed E-state index contributed by atoms with van der Waals surface area (Å²) in [7, 11) is 1.68. The Hall–Kier alpha value is -1.30. The number of urea groups is 1. The van der Waals surface area contributed by atoms with Crippen molar-refractivity contribution in [1.29, 1.82) is 0 Å². The van der Waals surface area contributed by atoms with Crippen LogP contribution in [0.25, 0.3) is 0 Å². The van der Waals surface area contributed by atoms with Gasteiger partial charge in [0.1, 0.15) is 5.92 Å². The molecule has 108 valence electrons. The zero-order chi connectivity index (χ0) is 14.0. The molecule has 3 unspecified atom stereocenters. The van der Waals surface area contributed by atoms with Gasteiger partial charge in [-0.15, -0.1) is 0 Å². The summed E-state index contributed by atoms with van der Waals surface area (Å²) >= 11 is 0. The fourth-order valence-corrected chi connectivity index (χ4v) is 2.87. The fraction of sp³-hybridized carbons (Fsp3) is 0.846. The first kappa shape index (κ1) is 14.1. The monoisotopic (exact) mass is 270 g/mol. The molecule has 2 aliphatic rings. The lowest BCUT2D eigenvalue weighted by molar-refractivity contribution is -0.142. The van der Waals surface area contributed by atoms with E-state index in [0.29, 0.717) is 12.5 Å². The number of rotatable bonds is 3. The topological polar surface area (TPSA) is 70.1 Å². The number of carbonyl (C=O) groups is 2. The molecule has 19 heavy (non-hydrogen) atoms. The molecule has 2 saturated heterocycles. The molecule has 2 aliphatic heterocycles. The Morgan fingerprint density at radius 3 is 2.74 bits per heavy atom. The van der Waals surface area contributed by atoms with Crippen molar-refractivity contribution in [3.63, 3.8) is 0 Å². The van der Waals surface area contributed by atoms with Gasteiger partial charge in [0, 0.05) is 20.1 Å². The molecule has 0 radical (unpaired) electrons. The summed E-state index contributed by atoms with van der Waals surface area (Å²) < 4.78 is 5.21. The Kier molecular flexibility index (Phi) is 4.29. The Labute approximate surface area is 113 Å². The van der Waals surface area contributed by atoms with Crippen LogP contribution in [0.3, 0.4) is 0 Å². The molecule has 0 bridgehead atoms. The van der Waals surface area contributed by atoms with Crippen LogP contribution in [0.4, 0.5) is 4.79 Å². The van der Waals surface area contributed by atoms with Crippen LogP contribution in [0.1, 0.15) is 19.8 Å². The maximum Gasteiger partial charge on any atom is 0.320 e. The second kappa shape index (κ2) is 5.77. The van der Waals surface area contributed by atoms with Gasteiger partial charge in [0.05, 0.1) is 19.3 Å². The van der Waals surface area contributed by atoms with Gasteiger partial charge < -0.3 is 19.6 Å². The van der Waals surface area contributed by atoms with Crippen LogP contribution in [0.2, 0.25) is 0 Å². The number of likely N-dealkylation sites (tertiary alicyclic amines) is 1. The number of hydrogen-bond donors (Lipinski definition) is 1. The van der Waals surface area contributed by atoms with Crippen molar-refractivity contribution in [1.82, 2.24) is 9.80 Å². The predicted molar refractivity (Wildman–Crippen MR) is 68.9 cm³/mol. The molecule has 0 saturated carbocycles. The van der Waals surface area contributed by atoms with Gasteiger partial charge in [-0.2, -0.15) is 0 Å². The smallest absolute Gasteiger partial charge is 0.320 e. The van der Waals surface area contributed by atoms with E-state index in [1.165, 1.54) is 0 Å². The molecule has 0 spiro atoms. The lowest BCUT2D eigenvalue weighted by Gasteiger charge is -2.30. The molecule has 3 atom stereocenters. The van der Waals surface area contributed by atoms with Gasteiger partial charge in [-0.1, -0.05) is 13.3 Å². The Balaban J connectivity index is 1.97. The van der Waals surface area contributed by atoms with E-state index in [-0.39, 0.29) is 18.7 Å². The highest BCUT2D eigenvalue weighted by atomic mass is 16.5. The summed E-state index contributed by atoms with van der Waals surface area (Å²) in [6, 6.07) is -0.427. The molecule has 1 N–H and O–H groups in total. The number of carboxylic acid groups (broad SMARTS) is 1. The normalized spacial score (nSPS) is 30.6. The molecule has 6 nitrogen and oxygen atoms in total. The van der Waals surface area contributed by atoms with E-state index in [1.54, 1.807) is 11.9 Å². The van der Waals surface area contributed by atoms with E-state index in [0.717, 1.165) is 25.9 Å². The van der Waals surface area contributed by atoms with Crippen LogP contribution < -0.4 is 0 Å². The van der Waals surface area contributed by atoms with E-state index >= 15 is 0 Å². The van der Waals surface area contributed by atoms with Crippen LogP contribution in [-0.4, -0.2) is 66.3 Å². The fourth-order valence-electron chi connectivity index (χ4n) is 2.87. The molecule has 6 heteroatoms. The zero-order valence-electron chi connectivity index (χ0n) is 11.5. The molecule has 0 aromatic carbocycles. The summed E-state index contributed by atoms with van der Waals surface area (Å²) in [4.78, 5) is 26.9. The van der Waals surface area contributed by atoms with Crippen molar-refractivity contribution in [2.45, 2.75) is 25.8 Å². The average Bonchev–Trinajstić information content (AvgIpc) is 3.05. The lowest BCUT2D eigenvalue weighted by Crippen LogP contribution is -2.49. The summed E-state index contributed by atoms with van der Waals surface area (Å²) in [6.45, 7) is 4.19. The second-order valence-electron chi connectivity index (χ2n) is 5.45. The minimum atomic E-state index is -0.894. The number of likely N-dealkylation sites (N-methyl/N-ethyl adjacent to an activating group) is 1. The highest BCUT2D eigenvalue weighted by molar-refractivity contribution is 5.77. The highest BCUT2D eigenvalue weighted by Crippen LogP contribution is 2.24. The second-order valence-corrected chi connectivity index (χ2v) is 5.45. The summed E-state index contributed by atoms with van der Waals surface area (Å²) in [5, 5.41) is 9.13. The van der Waals surface area contributed by atoms with Crippen molar-refractivity contribution >= 4 is 12.0 Å². The number of aliphatic carboxylic acids is 1. The Bertz CT molecular complexity index is 361. The van der Waals surface area contributed by atoms with Crippen molar-refractivity contribution in [3.8, 4) is 0 Å². The van der Waals surface area contributed by atoms with Crippen molar-refractivity contribution in [2.24, 2.45) is 11.8 Å². The molecular formula is C13H22N2O4. The van der Waals surface area contributed by atoms with E-state index in [4.69, 9.17) is 9.84 Å². The zero-order valence-corrected chi connectivity index (χ0v) is 11.5. The summed E-state index contributed by atoms with van der Waals surface area (Å²) in [5.41, 5.74) is 0. The maximum atomic E-state index is 12.4. The SMILES string of the molecule is CCC1CCN(C(=O)N(C)C2COCC2C(=O)O)C1. The standard InChI is InChI=1S/C13H22N2O4/c1-3-9-4-5-15(6-9)13(18)14(2)11-8-19-7-10(11)12(16)17/h9-11H,3-8H2,1-2H3,(H,16,17). The average molecular weight is 270 g/mol. The van der Waals surface area contributed by atoms with E-state index in [2.05, 4.69) is 6.92 Å². The molecule has 2 amide bonds. The van der Waals surface area contributed by atoms with Crippen LogP contribution in [-0.2, 0) is 9.53 Å². The molecular weight excluding hydrogens is 248 g/mol. The first-order chi connectivity index (χ1) is 9.04. The van der Waals surface area contributed by atoms with E-state index < -0.39 is 11.9 Å². The third-order valence-corrected chi connectivity index (χ3v) is 4.30. The number of amides is 2. The van der Waals surface area contributed by atoms with Gasteiger partial charge in [0.15, 0.2) is 0 Å². The van der Waals surface area contributed by atoms with Gasteiger partial charge in [-0.3, -0.25) is 4.79 Å². The van der Waals surface area contributed by atoms with Crippen LogP contribution >= 0.6 is 0 Å².